The summed E-state index contributed by atoms with van der Waals surface area (Å²) in [5.41, 5.74) is 9.68. The molecule has 5 N–H and O–H groups in total. The highest BCUT2D eigenvalue weighted by Gasteiger charge is 2.55. The van der Waals surface area contributed by atoms with Crippen LogP contribution in [0, 0.1) is 10.8 Å². The van der Waals surface area contributed by atoms with Crippen molar-refractivity contribution >= 4 is 17.1 Å². The first-order chi connectivity index (χ1) is 20.4. The smallest absolute Gasteiger partial charge is 0.407 e. The summed E-state index contributed by atoms with van der Waals surface area (Å²) in [6.07, 6.45) is 12.0. The van der Waals surface area contributed by atoms with Crippen molar-refractivity contribution in [2.75, 3.05) is 0 Å². The molecule has 0 atom stereocenters. The Hall–Kier alpha value is -3.93. The van der Waals surface area contributed by atoms with Crippen molar-refractivity contribution in [3.63, 3.8) is 0 Å². The Balaban J connectivity index is 0.000000147. The number of hydrogen-bond donors (Lipinski definition) is 4. The molecule has 12 nitrogen and oxygen atoms in total. The van der Waals surface area contributed by atoms with Crippen LogP contribution in [0.25, 0.3) is 11.0 Å². The molecule has 228 valence electrons. The Labute approximate surface area is 248 Å². The van der Waals surface area contributed by atoms with Gasteiger partial charge in [0.15, 0.2) is 0 Å². The zero-order chi connectivity index (χ0) is 30.1. The summed E-state index contributed by atoms with van der Waals surface area (Å²) in [7, 11) is 0. The maximum Gasteiger partial charge on any atom is 0.407 e. The van der Waals surface area contributed by atoms with Gasteiger partial charge in [-0.3, -0.25) is 8.80 Å². The number of H-pyrrole nitrogens is 2. The largest absolute Gasteiger partial charge is 0.444 e. The molecule has 8 rings (SSSR count). The molecule has 4 saturated carbocycles. The van der Waals surface area contributed by atoms with Crippen LogP contribution in [-0.2, 0) is 4.74 Å². The number of fused-ring (bicyclic) bond motifs is 2. The lowest BCUT2D eigenvalue weighted by Gasteiger charge is -2.57. The fourth-order valence-electron chi connectivity index (χ4n) is 8.21. The molecule has 0 aromatic carbocycles. The minimum absolute atomic E-state index is 0.168. The van der Waals surface area contributed by atoms with Crippen LogP contribution in [0.15, 0.2) is 46.2 Å². The van der Waals surface area contributed by atoms with Crippen LogP contribution in [0.4, 0.5) is 4.79 Å². The van der Waals surface area contributed by atoms with Crippen molar-refractivity contribution in [2.45, 2.75) is 102 Å². The SMILES string of the molecule is CC(C)(C)OC(=O)NC1CC2(C1)CC(c1n[nH]c(=O)n3cccc13)C2.NC1CC2(C1)CC(c1n[nH]c(=O)n3cccc13)C2. The summed E-state index contributed by atoms with van der Waals surface area (Å²) in [6, 6.07) is 8.28. The summed E-state index contributed by atoms with van der Waals surface area (Å²) in [5.74, 6) is 0.850. The molecule has 0 aliphatic heterocycles. The van der Waals surface area contributed by atoms with Crippen molar-refractivity contribution in [3.8, 4) is 0 Å². The number of carbonyl (C=O) groups is 1. The highest BCUT2D eigenvalue weighted by molar-refractivity contribution is 5.68. The number of amides is 1. The van der Waals surface area contributed by atoms with Gasteiger partial charge in [-0.2, -0.15) is 10.2 Å². The standard InChI is InChI=1S/C18H24N4O3.C13H16N4O/c1-17(2,3)25-16(24)19-12-9-18(10-12)7-11(8-18)14-13-5-4-6-22(13)15(23)21-20-14;14-9-6-13(7-9)4-8(5-13)11-10-2-1-3-17(10)12(18)16-15-11/h4-6,11-12H,7-10H2,1-3H3,(H,19,24)(H,21,23);1-3,8-9H,4-7,14H2,(H,16,18). The van der Waals surface area contributed by atoms with E-state index >= 15 is 0 Å². The zero-order valence-corrected chi connectivity index (χ0v) is 24.9. The van der Waals surface area contributed by atoms with Gasteiger partial charge in [0.05, 0.1) is 22.4 Å². The van der Waals surface area contributed by atoms with Gasteiger partial charge in [0.1, 0.15) is 5.60 Å². The summed E-state index contributed by atoms with van der Waals surface area (Å²) >= 11 is 0. The first-order valence-electron chi connectivity index (χ1n) is 15.3. The molecular weight excluding hydrogens is 548 g/mol. The monoisotopic (exact) mass is 588 g/mol. The topological polar surface area (TPSA) is 165 Å². The third-order valence-electron chi connectivity index (χ3n) is 9.97. The van der Waals surface area contributed by atoms with E-state index in [2.05, 4.69) is 25.7 Å². The van der Waals surface area contributed by atoms with E-state index in [1.54, 1.807) is 21.2 Å². The minimum Gasteiger partial charge on any atom is -0.444 e. The van der Waals surface area contributed by atoms with Crippen LogP contribution in [0.3, 0.4) is 0 Å². The highest BCUT2D eigenvalue weighted by atomic mass is 16.6. The number of nitrogens with one attached hydrogen (secondary N) is 3. The van der Waals surface area contributed by atoms with Gasteiger partial charge in [-0.1, -0.05) is 0 Å². The number of nitrogens with zero attached hydrogens (tertiary/aromatic N) is 4. The van der Waals surface area contributed by atoms with Crippen molar-refractivity contribution in [3.05, 3.63) is 69.0 Å². The van der Waals surface area contributed by atoms with E-state index in [0.717, 1.165) is 60.9 Å². The molecule has 0 unspecified atom stereocenters. The number of aromatic nitrogens is 6. The van der Waals surface area contributed by atoms with Gasteiger partial charge in [-0.25, -0.2) is 24.6 Å². The quantitative estimate of drug-likeness (QED) is 0.284. The van der Waals surface area contributed by atoms with Gasteiger partial charge in [0.25, 0.3) is 0 Å². The second kappa shape index (κ2) is 9.80. The Morgan fingerprint density at radius 3 is 1.77 bits per heavy atom. The molecule has 2 spiro atoms. The first kappa shape index (κ1) is 27.9. The van der Waals surface area contributed by atoms with E-state index in [-0.39, 0.29) is 23.5 Å². The van der Waals surface area contributed by atoms with Gasteiger partial charge in [-0.15, -0.1) is 0 Å². The van der Waals surface area contributed by atoms with Crippen LogP contribution < -0.4 is 22.4 Å². The third-order valence-corrected chi connectivity index (χ3v) is 9.97. The maximum absolute atomic E-state index is 11.8. The van der Waals surface area contributed by atoms with E-state index in [0.29, 0.717) is 28.7 Å². The molecule has 0 radical (unpaired) electrons. The number of rotatable bonds is 3. The number of aromatic amines is 2. The first-order valence-corrected chi connectivity index (χ1v) is 15.3. The number of alkyl carbamates (subject to hydrolysis) is 1. The molecule has 4 aliphatic carbocycles. The van der Waals surface area contributed by atoms with Crippen molar-refractivity contribution in [1.29, 1.82) is 0 Å². The number of ether oxygens (including phenoxy) is 1. The number of nitrogens with two attached hydrogens (primary N) is 1. The molecule has 4 aliphatic rings. The lowest BCUT2D eigenvalue weighted by Crippen LogP contribution is -2.56. The normalized spacial score (nSPS) is 31.0. The lowest BCUT2D eigenvalue weighted by molar-refractivity contribution is -0.0262. The molecule has 43 heavy (non-hydrogen) atoms. The Morgan fingerprint density at radius 1 is 0.860 bits per heavy atom. The molecule has 4 heterocycles. The van der Waals surface area contributed by atoms with Gasteiger partial charge < -0.3 is 15.8 Å². The predicted octanol–water partition coefficient (Wildman–Crippen LogP) is 3.58. The van der Waals surface area contributed by atoms with E-state index < -0.39 is 5.60 Å². The lowest BCUT2D eigenvalue weighted by atomic mass is 9.49. The fraction of sp³-hybridized carbons (Fsp3) is 0.581. The average molecular weight is 589 g/mol. The van der Waals surface area contributed by atoms with Crippen LogP contribution in [0.5, 0.6) is 0 Å². The van der Waals surface area contributed by atoms with E-state index in [4.69, 9.17) is 10.5 Å². The Morgan fingerprint density at radius 2 is 1.33 bits per heavy atom. The zero-order valence-electron chi connectivity index (χ0n) is 24.9. The number of carbonyl (C=O) groups excluding carboxylic acids is 1. The van der Waals surface area contributed by atoms with Crippen LogP contribution in [-0.4, -0.2) is 53.0 Å². The third kappa shape index (κ3) is 5.05. The van der Waals surface area contributed by atoms with Crippen molar-refractivity contribution in [1.82, 2.24) is 34.5 Å². The molecule has 4 fully saturated rings. The summed E-state index contributed by atoms with van der Waals surface area (Å²) in [6.45, 7) is 5.60. The average Bonchev–Trinajstić information content (AvgIpc) is 3.53. The predicted molar refractivity (Wildman–Crippen MR) is 160 cm³/mol. The van der Waals surface area contributed by atoms with Gasteiger partial charge in [0.2, 0.25) is 0 Å². The summed E-state index contributed by atoms with van der Waals surface area (Å²) in [4.78, 5) is 35.2. The van der Waals surface area contributed by atoms with Gasteiger partial charge >= 0.3 is 17.5 Å². The summed E-state index contributed by atoms with van der Waals surface area (Å²) < 4.78 is 8.56. The van der Waals surface area contributed by atoms with Crippen LogP contribution >= 0.6 is 0 Å². The Bertz CT molecular complexity index is 1780. The maximum atomic E-state index is 11.8. The molecule has 4 aromatic heterocycles. The van der Waals surface area contributed by atoms with E-state index in [1.165, 1.54) is 12.8 Å². The fourth-order valence-corrected chi connectivity index (χ4v) is 8.21. The molecular formula is C31H40N8O4. The highest BCUT2D eigenvalue weighted by Crippen LogP contribution is 2.62. The second-order valence-corrected chi connectivity index (χ2v) is 14.5. The van der Waals surface area contributed by atoms with Crippen molar-refractivity contribution in [2.24, 2.45) is 16.6 Å². The van der Waals surface area contributed by atoms with Crippen molar-refractivity contribution < 1.29 is 9.53 Å². The van der Waals surface area contributed by atoms with Crippen LogP contribution in [0.1, 0.15) is 95.4 Å². The van der Waals surface area contributed by atoms with Gasteiger partial charge in [-0.05, 0) is 107 Å². The molecule has 4 aromatic rings. The van der Waals surface area contributed by atoms with Crippen LogP contribution in [0.2, 0.25) is 0 Å². The molecule has 1 amide bonds. The van der Waals surface area contributed by atoms with E-state index in [1.807, 2.05) is 45.0 Å². The van der Waals surface area contributed by atoms with E-state index in [9.17, 15) is 14.4 Å². The molecule has 12 heteroatoms. The molecule has 0 saturated heterocycles. The Kier molecular flexibility index (Phi) is 6.35. The second-order valence-electron chi connectivity index (χ2n) is 14.5. The van der Waals surface area contributed by atoms with Gasteiger partial charge in [0, 0.05) is 36.3 Å². The summed E-state index contributed by atoms with van der Waals surface area (Å²) in [5, 5.41) is 16.7. The minimum atomic E-state index is -0.467. The molecule has 0 bridgehead atoms. The number of hydrogen-bond acceptors (Lipinski definition) is 7.